The number of aliphatic hydroxyl groups is 1. The third kappa shape index (κ3) is 4.83. The van der Waals surface area contributed by atoms with Gasteiger partial charge in [-0.1, -0.05) is 58.0 Å². The maximum absolute atomic E-state index is 14.0. The molecule has 4 bridgehead atoms. The van der Waals surface area contributed by atoms with Crippen LogP contribution >= 0.6 is 0 Å². The molecule has 13 heteroatoms. The first-order valence-electron chi connectivity index (χ1n) is 16.0. The van der Waals surface area contributed by atoms with Gasteiger partial charge in [0.15, 0.2) is 23.4 Å². The normalized spacial score (nSPS) is 22.9. The minimum absolute atomic E-state index is 0.0730. The summed E-state index contributed by atoms with van der Waals surface area (Å²) in [5, 5.41) is 19.9. The number of fused-ring (bicyclic) bond motifs is 4. The fourth-order valence-electron chi connectivity index (χ4n) is 6.72. The number of hydrogen-bond donors (Lipinski definition) is 4. The lowest BCUT2D eigenvalue weighted by Gasteiger charge is -2.29. The predicted octanol–water partition coefficient (Wildman–Crippen LogP) is 3.38. The van der Waals surface area contributed by atoms with E-state index in [4.69, 9.17) is 18.6 Å². The highest BCUT2D eigenvalue weighted by molar-refractivity contribution is 5.92. The molecule has 13 nitrogen and oxygen atoms in total. The molecule has 0 fully saturated rings. The Morgan fingerprint density at radius 1 is 1.06 bits per heavy atom. The van der Waals surface area contributed by atoms with E-state index in [1.54, 1.807) is 27.9 Å². The van der Waals surface area contributed by atoms with Crippen LogP contribution in [0.15, 0.2) is 57.6 Å². The number of hydrogen-bond acceptors (Lipinski definition) is 10. The molecule has 3 aliphatic rings. The van der Waals surface area contributed by atoms with Crippen LogP contribution in [-0.4, -0.2) is 70.2 Å². The topological polar surface area (TPSA) is 172 Å². The molecule has 2 aromatic heterocycles. The van der Waals surface area contributed by atoms with E-state index in [2.05, 4.69) is 20.9 Å². The molecule has 0 aliphatic carbocycles. The Labute approximate surface area is 277 Å². The number of nitrogens with zero attached hydrogens (tertiary/aromatic N) is 3. The molecule has 0 saturated carbocycles. The van der Waals surface area contributed by atoms with E-state index in [-0.39, 0.29) is 47.3 Å². The van der Waals surface area contributed by atoms with Gasteiger partial charge in [-0.15, -0.1) is 0 Å². The molecule has 2 unspecified atom stereocenters. The van der Waals surface area contributed by atoms with Crippen LogP contribution in [-0.2, 0) is 21.4 Å². The number of amides is 3. The second kappa shape index (κ2) is 11.5. The van der Waals surface area contributed by atoms with Crippen LogP contribution in [0.5, 0.6) is 5.75 Å². The van der Waals surface area contributed by atoms with Crippen LogP contribution < -0.4 is 20.7 Å². The molecule has 48 heavy (non-hydrogen) atoms. The molecule has 3 aliphatic heterocycles. The fraction of sp³-hybridized carbons (Fsp3) is 0.400. The second-order valence-electron chi connectivity index (χ2n) is 13.5. The van der Waals surface area contributed by atoms with E-state index >= 15 is 0 Å². The summed E-state index contributed by atoms with van der Waals surface area (Å²) in [6, 6.07) is 11.7. The van der Waals surface area contributed by atoms with Crippen LogP contribution in [0.3, 0.4) is 0 Å². The highest BCUT2D eigenvalue weighted by Gasteiger charge is 2.61. The van der Waals surface area contributed by atoms with E-state index in [0.717, 1.165) is 22.4 Å². The molecule has 7 rings (SSSR count). The lowest BCUT2D eigenvalue weighted by Crippen LogP contribution is -2.52. The molecule has 1 spiro atoms. The molecular weight excluding hydrogens is 616 g/mol. The van der Waals surface area contributed by atoms with Gasteiger partial charge in [0.05, 0.1) is 0 Å². The zero-order valence-corrected chi connectivity index (χ0v) is 27.5. The molecule has 0 radical (unpaired) electrons. The van der Waals surface area contributed by atoms with Crippen molar-refractivity contribution < 1.29 is 33.1 Å². The van der Waals surface area contributed by atoms with E-state index in [1.807, 2.05) is 56.3 Å². The summed E-state index contributed by atoms with van der Waals surface area (Å²) in [4.78, 5) is 50.8. The van der Waals surface area contributed by atoms with Crippen molar-refractivity contribution in [3.05, 3.63) is 82.8 Å². The zero-order chi connectivity index (χ0) is 34.1. The standard InChI is InChI=1S/C35H38N6O7/c1-16(2)25-32-40-26(31-37-23(15-46-31)33(45)41(5)6)28(48-32)35-19-9-7-8-10-21(19)38-34(35)47-24-12-11-18(13-20(24)35)14-22(29(43)39-25)36-30(44)27(42)17(3)4/h7-13,15-17,22,25,27,34,38,42H,14H2,1-6H3,(H,36,44)(H,39,43)/t22-,25-,27-,34?,35?/m0/s1. The van der Waals surface area contributed by atoms with Crippen LogP contribution in [0.1, 0.15) is 72.6 Å². The third-order valence-corrected chi connectivity index (χ3v) is 9.28. The second-order valence-corrected chi connectivity index (χ2v) is 13.5. The first-order valence-corrected chi connectivity index (χ1v) is 16.0. The van der Waals surface area contributed by atoms with Gasteiger partial charge in [0.2, 0.25) is 23.6 Å². The highest BCUT2D eigenvalue weighted by Crippen LogP contribution is 2.59. The Hall–Kier alpha value is -5.17. The van der Waals surface area contributed by atoms with Gasteiger partial charge in [0.25, 0.3) is 5.91 Å². The first-order chi connectivity index (χ1) is 22.9. The van der Waals surface area contributed by atoms with Gasteiger partial charge in [-0.2, -0.15) is 0 Å². The van der Waals surface area contributed by atoms with Gasteiger partial charge < -0.3 is 39.5 Å². The number of carbonyl (C=O) groups excluding carboxylic acids is 3. The van der Waals surface area contributed by atoms with E-state index in [0.29, 0.717) is 11.5 Å². The lowest BCUT2D eigenvalue weighted by atomic mass is 9.72. The monoisotopic (exact) mass is 654 g/mol. The molecule has 4 aromatic rings. The minimum Gasteiger partial charge on any atom is -0.469 e. The van der Waals surface area contributed by atoms with Crippen LogP contribution in [0.2, 0.25) is 0 Å². The molecule has 3 amide bonds. The van der Waals surface area contributed by atoms with Crippen molar-refractivity contribution in [3.8, 4) is 17.3 Å². The van der Waals surface area contributed by atoms with E-state index in [1.165, 1.54) is 11.2 Å². The summed E-state index contributed by atoms with van der Waals surface area (Å²) in [6.45, 7) is 7.30. The Balaban J connectivity index is 1.47. The van der Waals surface area contributed by atoms with Gasteiger partial charge in [0, 0.05) is 31.8 Å². The van der Waals surface area contributed by atoms with Crippen molar-refractivity contribution in [2.24, 2.45) is 11.8 Å². The van der Waals surface area contributed by atoms with Crippen molar-refractivity contribution >= 4 is 23.4 Å². The number of carbonyl (C=O) groups is 3. The summed E-state index contributed by atoms with van der Waals surface area (Å²) in [7, 11) is 3.25. The van der Waals surface area contributed by atoms with E-state index in [9.17, 15) is 19.5 Å². The number of anilines is 1. The van der Waals surface area contributed by atoms with Crippen LogP contribution in [0, 0.1) is 11.8 Å². The molecule has 250 valence electrons. The molecule has 5 atom stereocenters. The Kier molecular flexibility index (Phi) is 7.54. The maximum atomic E-state index is 14.0. The SMILES string of the molecule is CC(C)[C@H](O)C(=O)N[C@H]1Cc2ccc3c(c2)C2(c4ccccc4NC2O3)c2oc(nc2-c2nc(C(=O)N(C)C)co2)[C@H](C(C)C)NC1=O. The summed E-state index contributed by atoms with van der Waals surface area (Å²) in [5.41, 5.74) is 2.50. The highest BCUT2D eigenvalue weighted by atomic mass is 16.5. The number of rotatable bonds is 6. The largest absolute Gasteiger partial charge is 0.469 e. The number of oxazole rings is 2. The molecule has 5 heterocycles. The van der Waals surface area contributed by atoms with E-state index < -0.39 is 41.6 Å². The predicted molar refractivity (Wildman–Crippen MR) is 173 cm³/mol. The zero-order valence-electron chi connectivity index (χ0n) is 27.5. The van der Waals surface area contributed by atoms with Crippen molar-refractivity contribution in [1.82, 2.24) is 25.5 Å². The number of ether oxygens (including phenoxy) is 1. The number of para-hydroxylation sites is 1. The summed E-state index contributed by atoms with van der Waals surface area (Å²) in [5.74, 6) is -0.754. The Bertz CT molecular complexity index is 1930. The van der Waals surface area contributed by atoms with Crippen molar-refractivity contribution in [2.45, 2.75) is 63.9 Å². The molecule has 0 saturated heterocycles. The molecule has 2 aromatic carbocycles. The Morgan fingerprint density at radius 3 is 2.56 bits per heavy atom. The van der Waals surface area contributed by atoms with Crippen molar-refractivity contribution in [3.63, 3.8) is 0 Å². The minimum atomic E-state index is -1.29. The number of aliphatic hydroxyl groups excluding tert-OH is 1. The number of nitrogens with one attached hydrogen (secondary N) is 3. The summed E-state index contributed by atoms with van der Waals surface area (Å²) < 4.78 is 19.3. The molecule has 4 N–H and O–H groups in total. The number of benzene rings is 2. The van der Waals surface area contributed by atoms with Crippen LogP contribution in [0.4, 0.5) is 5.69 Å². The Morgan fingerprint density at radius 2 is 1.83 bits per heavy atom. The fourth-order valence-corrected chi connectivity index (χ4v) is 6.72. The van der Waals surface area contributed by atoms with Gasteiger partial charge in [-0.05, 0) is 35.1 Å². The summed E-state index contributed by atoms with van der Waals surface area (Å²) in [6.07, 6.45) is -0.506. The van der Waals surface area contributed by atoms with Crippen LogP contribution in [0.25, 0.3) is 11.6 Å². The van der Waals surface area contributed by atoms with Gasteiger partial charge in [-0.3, -0.25) is 14.4 Å². The summed E-state index contributed by atoms with van der Waals surface area (Å²) >= 11 is 0. The number of aromatic nitrogens is 2. The average molecular weight is 655 g/mol. The first kappa shape index (κ1) is 31.4. The quantitative estimate of drug-likeness (QED) is 0.242. The smallest absolute Gasteiger partial charge is 0.275 e. The third-order valence-electron chi connectivity index (χ3n) is 9.28. The molecular formula is C35H38N6O7. The van der Waals surface area contributed by atoms with Crippen molar-refractivity contribution in [2.75, 3.05) is 19.4 Å². The van der Waals surface area contributed by atoms with Crippen molar-refractivity contribution in [1.29, 1.82) is 0 Å². The lowest BCUT2D eigenvalue weighted by molar-refractivity contribution is -0.135. The average Bonchev–Trinajstić information content (AvgIpc) is 3.83. The van der Waals surface area contributed by atoms with Gasteiger partial charge in [-0.25, -0.2) is 9.97 Å². The van der Waals surface area contributed by atoms with Gasteiger partial charge in [0.1, 0.15) is 35.6 Å². The van der Waals surface area contributed by atoms with Gasteiger partial charge >= 0.3 is 0 Å². The maximum Gasteiger partial charge on any atom is 0.275 e.